The van der Waals surface area contributed by atoms with Gasteiger partial charge in [0.25, 0.3) is 0 Å². The zero-order chi connectivity index (χ0) is 57.5. The van der Waals surface area contributed by atoms with E-state index >= 15 is 0 Å². The van der Waals surface area contributed by atoms with Crippen LogP contribution in [-0.2, 0) is 42.9 Å². The number of ether oxygens (including phenoxy) is 5. The zero-order valence-corrected chi connectivity index (χ0v) is 50.9. The molecule has 0 aromatic heterocycles. The van der Waals surface area contributed by atoms with Crippen LogP contribution in [0, 0.1) is 0 Å². The molecule has 6 atom stereocenters. The van der Waals surface area contributed by atoms with Gasteiger partial charge in [0.2, 0.25) is 0 Å². The zero-order valence-electron chi connectivity index (χ0n) is 50.9. The summed E-state index contributed by atoms with van der Waals surface area (Å²) < 4.78 is 28.5. The van der Waals surface area contributed by atoms with E-state index in [0.717, 1.165) is 89.9 Å². The predicted molar refractivity (Wildman–Crippen MR) is 322 cm³/mol. The van der Waals surface area contributed by atoms with Crippen LogP contribution in [0.2, 0.25) is 0 Å². The Morgan fingerprint density at radius 1 is 0.418 bits per heavy atom. The Bertz CT molecular complexity index is 1510. The summed E-state index contributed by atoms with van der Waals surface area (Å²) in [6.45, 7) is 5.97. The number of esters is 3. The molecule has 0 saturated carbocycles. The number of rotatable bonds is 57. The second-order valence-corrected chi connectivity index (χ2v) is 22.8. The Kier molecular flexibility index (Phi) is 51.9. The van der Waals surface area contributed by atoms with E-state index in [-0.39, 0.29) is 25.9 Å². The highest BCUT2D eigenvalue weighted by Gasteiger charge is 2.50. The number of carbonyl (C=O) groups is 4. The number of carboxylic acid groups (broad SMARTS) is 1. The fourth-order valence-corrected chi connectivity index (χ4v) is 10.1. The van der Waals surface area contributed by atoms with Crippen molar-refractivity contribution in [2.45, 2.75) is 353 Å². The Morgan fingerprint density at radius 3 is 1.20 bits per heavy atom. The van der Waals surface area contributed by atoms with Crippen molar-refractivity contribution < 1.29 is 58.2 Å². The molecule has 460 valence electrons. The van der Waals surface area contributed by atoms with Crippen molar-refractivity contribution in [2.75, 3.05) is 13.2 Å². The molecule has 1 aliphatic rings. The largest absolute Gasteiger partial charge is 0.479 e. The van der Waals surface area contributed by atoms with Gasteiger partial charge in [0.1, 0.15) is 18.8 Å². The van der Waals surface area contributed by atoms with Crippen LogP contribution < -0.4 is 0 Å². The minimum atomic E-state index is -1.90. The van der Waals surface area contributed by atoms with Crippen LogP contribution in [0.15, 0.2) is 36.5 Å². The van der Waals surface area contributed by atoms with E-state index in [1.54, 1.807) is 0 Å². The smallest absolute Gasteiger partial charge is 0.335 e. The third-order valence-electron chi connectivity index (χ3n) is 15.2. The lowest BCUT2D eigenvalue weighted by atomic mass is 9.98. The normalized spacial score (nSPS) is 18.0. The van der Waals surface area contributed by atoms with Gasteiger partial charge < -0.3 is 39.0 Å². The second kappa shape index (κ2) is 55.5. The molecule has 1 heterocycles. The monoisotopic (exact) mass is 1120 g/mol. The number of aliphatic carboxylic acids is 1. The Morgan fingerprint density at radius 2 is 0.785 bits per heavy atom. The average molecular weight is 1120 g/mol. The Labute approximate surface area is 482 Å². The molecule has 0 amide bonds. The van der Waals surface area contributed by atoms with Gasteiger partial charge >= 0.3 is 23.9 Å². The lowest BCUT2D eigenvalue weighted by Gasteiger charge is -2.40. The molecule has 0 spiro atoms. The topological polar surface area (TPSA) is 175 Å². The van der Waals surface area contributed by atoms with E-state index in [2.05, 4.69) is 57.2 Å². The van der Waals surface area contributed by atoms with Crippen molar-refractivity contribution in [3.05, 3.63) is 36.5 Å². The van der Waals surface area contributed by atoms with Crippen LogP contribution in [0.1, 0.15) is 316 Å². The number of hydrogen-bond donors (Lipinski definition) is 3. The lowest BCUT2D eigenvalue weighted by molar-refractivity contribution is -0.301. The van der Waals surface area contributed by atoms with Gasteiger partial charge in [-0.15, -0.1) is 0 Å². The van der Waals surface area contributed by atoms with E-state index in [1.807, 2.05) is 0 Å². The maximum atomic E-state index is 13.2. The maximum absolute atomic E-state index is 13.2. The molecule has 12 heteroatoms. The van der Waals surface area contributed by atoms with Crippen LogP contribution in [0.25, 0.3) is 0 Å². The summed E-state index contributed by atoms with van der Waals surface area (Å²) >= 11 is 0. The molecule has 12 nitrogen and oxygen atoms in total. The molecule has 1 aliphatic heterocycles. The van der Waals surface area contributed by atoms with Gasteiger partial charge in [-0.3, -0.25) is 14.4 Å². The molecule has 0 radical (unpaired) electrons. The predicted octanol–water partition coefficient (Wildman–Crippen LogP) is 17.6. The summed E-state index contributed by atoms with van der Waals surface area (Å²) in [7, 11) is 0. The van der Waals surface area contributed by atoms with E-state index in [1.165, 1.54) is 167 Å². The molecule has 0 aromatic carbocycles. The summed E-state index contributed by atoms with van der Waals surface area (Å²) in [5.41, 5.74) is 0. The van der Waals surface area contributed by atoms with Gasteiger partial charge in [0.15, 0.2) is 24.6 Å². The van der Waals surface area contributed by atoms with Crippen molar-refractivity contribution in [1.82, 2.24) is 0 Å². The number of aliphatic hydroxyl groups is 2. The first-order chi connectivity index (χ1) is 38.6. The quantitative estimate of drug-likeness (QED) is 0.0228. The highest BCUT2D eigenvalue weighted by molar-refractivity contribution is 5.74. The minimum Gasteiger partial charge on any atom is -0.479 e. The van der Waals surface area contributed by atoms with E-state index in [4.69, 9.17) is 23.7 Å². The van der Waals surface area contributed by atoms with Gasteiger partial charge in [-0.1, -0.05) is 263 Å². The number of aliphatic hydroxyl groups excluding tert-OH is 2. The molecule has 0 bridgehead atoms. The highest BCUT2D eigenvalue weighted by Crippen LogP contribution is 2.27. The number of unbranched alkanes of at least 4 members (excludes halogenated alkanes) is 37. The molecular weight excluding hydrogens is 997 g/mol. The average Bonchev–Trinajstić information content (AvgIpc) is 3.46. The van der Waals surface area contributed by atoms with Crippen molar-refractivity contribution in [2.24, 2.45) is 0 Å². The Balaban J connectivity index is 2.64. The van der Waals surface area contributed by atoms with Gasteiger partial charge in [0, 0.05) is 19.3 Å². The standard InChI is InChI=1S/C67H120O12/c1-4-7-10-13-16-19-22-25-27-29-30-32-33-36-38-41-44-47-50-53-59(68)75-56-58(77-60(69)54-51-48-45-42-40-37-34-31-28-26-23-20-17-14-11-8-5-2)57-76-67-65(63(72)62(71)64(79-67)66(73)74)78-61(70)55-52-49-46-43-39-35-24-21-18-15-12-9-6-3/h12,15,21,24-25,27,58,62-65,67,71-72H,4-11,13-14,16-20,22-23,26,28-57H2,1-3H3,(H,73,74)/b15-12-,24-21-,27-25-. The number of carbonyl (C=O) groups excluding carboxylic acids is 3. The number of hydrogen-bond acceptors (Lipinski definition) is 11. The minimum absolute atomic E-state index is 0.0473. The van der Waals surface area contributed by atoms with Crippen molar-refractivity contribution in [1.29, 1.82) is 0 Å². The molecule has 1 saturated heterocycles. The van der Waals surface area contributed by atoms with E-state index in [9.17, 15) is 34.5 Å². The third kappa shape index (κ3) is 45.2. The van der Waals surface area contributed by atoms with Gasteiger partial charge in [-0.05, 0) is 70.6 Å². The molecular formula is C67H120O12. The molecule has 0 aliphatic carbocycles. The maximum Gasteiger partial charge on any atom is 0.335 e. The summed E-state index contributed by atoms with van der Waals surface area (Å²) in [5.74, 6) is -3.11. The fourth-order valence-electron chi connectivity index (χ4n) is 10.1. The molecule has 6 unspecified atom stereocenters. The van der Waals surface area contributed by atoms with Crippen molar-refractivity contribution in [3.63, 3.8) is 0 Å². The first-order valence-corrected chi connectivity index (χ1v) is 33.0. The first kappa shape index (κ1) is 74.0. The second-order valence-electron chi connectivity index (χ2n) is 22.8. The van der Waals surface area contributed by atoms with Crippen molar-refractivity contribution >= 4 is 23.9 Å². The van der Waals surface area contributed by atoms with Crippen LogP contribution in [0.4, 0.5) is 0 Å². The van der Waals surface area contributed by atoms with Gasteiger partial charge in [-0.25, -0.2) is 4.79 Å². The Hall–Kier alpha value is -3.06. The van der Waals surface area contributed by atoms with Gasteiger partial charge in [-0.2, -0.15) is 0 Å². The molecule has 3 N–H and O–H groups in total. The molecule has 79 heavy (non-hydrogen) atoms. The van der Waals surface area contributed by atoms with E-state index < -0.39 is 67.3 Å². The first-order valence-electron chi connectivity index (χ1n) is 33.0. The van der Waals surface area contributed by atoms with Crippen LogP contribution in [0.3, 0.4) is 0 Å². The van der Waals surface area contributed by atoms with Crippen LogP contribution in [-0.4, -0.2) is 89.2 Å². The summed E-state index contributed by atoms with van der Waals surface area (Å²) in [5, 5.41) is 31.5. The van der Waals surface area contributed by atoms with Crippen LogP contribution >= 0.6 is 0 Å². The highest BCUT2D eigenvalue weighted by atomic mass is 16.7. The van der Waals surface area contributed by atoms with Crippen molar-refractivity contribution in [3.8, 4) is 0 Å². The van der Waals surface area contributed by atoms with Crippen LogP contribution in [0.5, 0.6) is 0 Å². The number of allylic oxidation sites excluding steroid dienone is 6. The molecule has 1 rings (SSSR count). The van der Waals surface area contributed by atoms with Gasteiger partial charge in [0.05, 0.1) is 6.61 Å². The summed E-state index contributed by atoms with van der Waals surface area (Å²) in [6, 6.07) is 0. The SMILES string of the molecule is CCC/C=C\C/C=C\CCCCCCCC(=O)OC1C(OCC(COC(=O)CCCCCCCCCCC/C=C\CCCCCCCC)OC(=O)CCCCCCCCCCCCCCCCCCC)OC(C(=O)O)C(O)C1O. The fraction of sp³-hybridized carbons (Fsp3) is 0.851. The summed E-state index contributed by atoms with van der Waals surface area (Å²) in [4.78, 5) is 51.3. The number of carboxylic acids is 1. The summed E-state index contributed by atoms with van der Waals surface area (Å²) in [6.07, 6.45) is 53.9. The third-order valence-corrected chi connectivity index (χ3v) is 15.2. The van der Waals surface area contributed by atoms with E-state index in [0.29, 0.717) is 19.3 Å². The lowest BCUT2D eigenvalue weighted by Crippen LogP contribution is -2.61. The molecule has 1 fully saturated rings. The molecule has 0 aromatic rings.